The first kappa shape index (κ1) is 13.8. The number of hydrogen-bond donors (Lipinski definition) is 1. The van der Waals surface area contributed by atoms with Gasteiger partial charge in [0.2, 0.25) is 0 Å². The van der Waals surface area contributed by atoms with Crippen LogP contribution in [0.2, 0.25) is 0 Å². The molecule has 5 heteroatoms. The third-order valence-corrected chi connectivity index (χ3v) is 4.29. The predicted molar refractivity (Wildman–Crippen MR) is 65.8 cm³/mol. The molecule has 1 N–H and O–H groups in total. The normalized spacial score (nSPS) is 26.7. The molecule has 0 saturated carbocycles. The molecule has 0 spiro atoms. The van der Waals surface area contributed by atoms with Gasteiger partial charge >= 0.3 is 5.97 Å². The number of carbonyl (C=O) groups excluding carboxylic acids is 1. The third-order valence-electron chi connectivity index (χ3n) is 2.72. The quantitative estimate of drug-likeness (QED) is 0.711. The summed E-state index contributed by atoms with van der Waals surface area (Å²) in [6, 6.07) is -0.201. The van der Waals surface area contributed by atoms with Crippen molar-refractivity contribution in [2.24, 2.45) is 0 Å². The van der Waals surface area contributed by atoms with Gasteiger partial charge in [0.05, 0.1) is 13.2 Å². The van der Waals surface area contributed by atoms with Gasteiger partial charge in [0, 0.05) is 17.6 Å². The lowest BCUT2D eigenvalue weighted by Gasteiger charge is -2.18. The van der Waals surface area contributed by atoms with Crippen LogP contribution in [0.4, 0.5) is 0 Å². The van der Waals surface area contributed by atoms with Crippen molar-refractivity contribution in [2.75, 3.05) is 26.0 Å². The molecule has 3 atom stereocenters. The van der Waals surface area contributed by atoms with E-state index in [2.05, 4.69) is 12.2 Å². The fraction of sp³-hybridized carbons (Fsp3) is 0.909. The van der Waals surface area contributed by atoms with Gasteiger partial charge in [-0.15, -0.1) is 0 Å². The minimum Gasteiger partial charge on any atom is -0.468 e. The Labute approximate surface area is 101 Å². The van der Waals surface area contributed by atoms with Gasteiger partial charge in [-0.2, -0.15) is 11.8 Å². The molecule has 0 radical (unpaired) electrons. The van der Waals surface area contributed by atoms with E-state index >= 15 is 0 Å². The lowest BCUT2D eigenvalue weighted by molar-refractivity contribution is -0.142. The largest absolute Gasteiger partial charge is 0.468 e. The Hall–Kier alpha value is -0.260. The summed E-state index contributed by atoms with van der Waals surface area (Å²) in [5.41, 5.74) is 0. The van der Waals surface area contributed by atoms with Gasteiger partial charge in [0.15, 0.2) is 0 Å². The minimum atomic E-state index is -0.201. The maximum Gasteiger partial charge on any atom is 0.323 e. The number of hydrogen-bond acceptors (Lipinski definition) is 5. The Kier molecular flexibility index (Phi) is 6.16. The minimum absolute atomic E-state index is 0.180. The highest BCUT2D eigenvalue weighted by Gasteiger charge is 2.27. The number of ether oxygens (including phenoxy) is 2. The number of carbonyl (C=O) groups is 1. The summed E-state index contributed by atoms with van der Waals surface area (Å²) >= 11 is 1.80. The second-order valence-electron chi connectivity index (χ2n) is 3.87. The number of rotatable bonds is 6. The Morgan fingerprint density at radius 1 is 1.69 bits per heavy atom. The number of thioether (sulfide) groups is 1. The number of nitrogens with one attached hydrogen (secondary N) is 1. The molecule has 0 amide bonds. The van der Waals surface area contributed by atoms with E-state index < -0.39 is 0 Å². The maximum atomic E-state index is 11.5. The molecule has 1 aliphatic heterocycles. The number of likely N-dealkylation sites (N-methyl/N-ethyl adjacent to an activating group) is 1. The molecule has 94 valence electrons. The fourth-order valence-electron chi connectivity index (χ4n) is 1.75. The Morgan fingerprint density at radius 2 is 2.44 bits per heavy atom. The molecule has 0 aromatic carbocycles. The molecule has 1 saturated heterocycles. The van der Waals surface area contributed by atoms with E-state index in [1.807, 2.05) is 6.92 Å². The zero-order valence-electron chi connectivity index (χ0n) is 10.2. The Morgan fingerprint density at radius 3 is 2.94 bits per heavy atom. The first-order chi connectivity index (χ1) is 7.69. The molecule has 1 rings (SSSR count). The van der Waals surface area contributed by atoms with Crippen LogP contribution >= 0.6 is 11.8 Å². The molecule has 1 fully saturated rings. The summed E-state index contributed by atoms with van der Waals surface area (Å²) in [4.78, 5) is 11.5. The summed E-state index contributed by atoms with van der Waals surface area (Å²) in [5, 5.41) is 3.64. The van der Waals surface area contributed by atoms with E-state index in [1.165, 1.54) is 7.11 Å². The van der Waals surface area contributed by atoms with Crippen molar-refractivity contribution in [3.8, 4) is 0 Å². The number of esters is 1. The van der Waals surface area contributed by atoms with Gasteiger partial charge < -0.3 is 14.8 Å². The topological polar surface area (TPSA) is 47.6 Å². The summed E-state index contributed by atoms with van der Waals surface area (Å²) in [6.45, 7) is 5.69. The first-order valence-corrected chi connectivity index (χ1v) is 6.78. The Bertz CT molecular complexity index is 225. The zero-order valence-corrected chi connectivity index (χ0v) is 11.0. The second kappa shape index (κ2) is 7.14. The molecule has 0 aliphatic carbocycles. The van der Waals surface area contributed by atoms with Crippen molar-refractivity contribution in [3.05, 3.63) is 0 Å². The number of methoxy groups -OCH3 is 1. The Balaban J connectivity index is 2.34. The van der Waals surface area contributed by atoms with E-state index in [-0.39, 0.29) is 12.0 Å². The van der Waals surface area contributed by atoms with Crippen LogP contribution < -0.4 is 5.32 Å². The van der Waals surface area contributed by atoms with Crippen molar-refractivity contribution in [3.63, 3.8) is 0 Å². The molecule has 1 aliphatic rings. The van der Waals surface area contributed by atoms with Gasteiger partial charge in [0.25, 0.3) is 0 Å². The molecular formula is C11H21NO3S. The van der Waals surface area contributed by atoms with Crippen LogP contribution in [0, 0.1) is 0 Å². The lowest BCUT2D eigenvalue weighted by Crippen LogP contribution is -2.40. The average Bonchev–Trinajstić information content (AvgIpc) is 2.69. The molecular weight excluding hydrogens is 226 g/mol. The van der Waals surface area contributed by atoms with Crippen molar-refractivity contribution in [1.82, 2.24) is 5.32 Å². The fourth-order valence-corrected chi connectivity index (χ4v) is 3.06. The van der Waals surface area contributed by atoms with Gasteiger partial charge in [-0.1, -0.05) is 6.92 Å². The van der Waals surface area contributed by atoms with Crippen LogP contribution in [-0.4, -0.2) is 49.4 Å². The van der Waals surface area contributed by atoms with Gasteiger partial charge in [0.1, 0.15) is 6.04 Å². The highest BCUT2D eigenvalue weighted by atomic mass is 32.2. The highest BCUT2D eigenvalue weighted by Crippen LogP contribution is 2.26. The first-order valence-electron chi connectivity index (χ1n) is 5.73. The molecule has 3 unspecified atom stereocenters. The van der Waals surface area contributed by atoms with Crippen LogP contribution in [0.5, 0.6) is 0 Å². The standard InChI is InChI=1S/C11H21NO3S/c1-4-12-9(11(13)14-3)7-16-10-5-6-15-8(10)2/h8-10,12H,4-7H2,1-3H3. The van der Waals surface area contributed by atoms with Crippen LogP contribution in [0.1, 0.15) is 20.3 Å². The smallest absolute Gasteiger partial charge is 0.323 e. The van der Waals surface area contributed by atoms with E-state index in [9.17, 15) is 4.79 Å². The van der Waals surface area contributed by atoms with Crippen LogP contribution in [-0.2, 0) is 14.3 Å². The van der Waals surface area contributed by atoms with Crippen LogP contribution in [0.3, 0.4) is 0 Å². The lowest BCUT2D eigenvalue weighted by atomic mass is 10.3. The maximum absolute atomic E-state index is 11.5. The molecule has 0 aromatic heterocycles. The summed E-state index contributed by atoms with van der Waals surface area (Å²) in [6.07, 6.45) is 1.37. The van der Waals surface area contributed by atoms with Crippen LogP contribution in [0.25, 0.3) is 0 Å². The van der Waals surface area contributed by atoms with E-state index in [4.69, 9.17) is 9.47 Å². The van der Waals surface area contributed by atoms with Crippen molar-refractivity contribution < 1.29 is 14.3 Å². The van der Waals surface area contributed by atoms with Crippen molar-refractivity contribution in [1.29, 1.82) is 0 Å². The molecule has 4 nitrogen and oxygen atoms in total. The predicted octanol–water partition coefficient (Wildman–Crippen LogP) is 1.05. The van der Waals surface area contributed by atoms with E-state index in [0.717, 1.165) is 25.3 Å². The van der Waals surface area contributed by atoms with E-state index in [1.54, 1.807) is 11.8 Å². The highest BCUT2D eigenvalue weighted by molar-refractivity contribution is 8.00. The summed E-state index contributed by atoms with van der Waals surface area (Å²) < 4.78 is 10.2. The van der Waals surface area contributed by atoms with E-state index in [0.29, 0.717) is 11.4 Å². The van der Waals surface area contributed by atoms with Gasteiger partial charge in [-0.3, -0.25) is 4.79 Å². The monoisotopic (exact) mass is 247 g/mol. The molecule has 1 heterocycles. The van der Waals surface area contributed by atoms with Crippen LogP contribution in [0.15, 0.2) is 0 Å². The van der Waals surface area contributed by atoms with Crippen molar-refractivity contribution in [2.45, 2.75) is 37.7 Å². The second-order valence-corrected chi connectivity index (χ2v) is 5.14. The van der Waals surface area contributed by atoms with Gasteiger partial charge in [-0.05, 0) is 19.9 Å². The third kappa shape index (κ3) is 3.96. The summed E-state index contributed by atoms with van der Waals surface area (Å²) in [7, 11) is 1.43. The summed E-state index contributed by atoms with van der Waals surface area (Å²) in [5.74, 6) is 0.569. The molecule has 0 bridgehead atoms. The molecule has 16 heavy (non-hydrogen) atoms. The van der Waals surface area contributed by atoms with Gasteiger partial charge in [-0.25, -0.2) is 0 Å². The zero-order chi connectivity index (χ0) is 12.0. The SMILES string of the molecule is CCNC(CSC1CCOC1C)C(=O)OC. The van der Waals surface area contributed by atoms with Crippen molar-refractivity contribution >= 4 is 17.7 Å². The molecule has 0 aromatic rings. The average molecular weight is 247 g/mol.